The van der Waals surface area contributed by atoms with Crippen LogP contribution in [0, 0.1) is 5.41 Å². The van der Waals surface area contributed by atoms with Crippen molar-refractivity contribution in [2.75, 3.05) is 27.3 Å². The summed E-state index contributed by atoms with van der Waals surface area (Å²) in [6, 6.07) is 0. The number of methoxy groups -OCH3 is 2. The first kappa shape index (κ1) is 20.1. The lowest BCUT2D eigenvalue weighted by Gasteiger charge is -2.36. The molecule has 0 spiro atoms. The van der Waals surface area contributed by atoms with Gasteiger partial charge in [0.05, 0.1) is 19.6 Å². The van der Waals surface area contributed by atoms with Crippen molar-refractivity contribution in [1.82, 2.24) is 4.90 Å². The summed E-state index contributed by atoms with van der Waals surface area (Å²) in [4.78, 5) is 24.3. The molecule has 5 heteroatoms. The van der Waals surface area contributed by atoms with Gasteiger partial charge in [0, 0.05) is 13.1 Å². The van der Waals surface area contributed by atoms with E-state index in [0.717, 1.165) is 0 Å². The van der Waals surface area contributed by atoms with E-state index in [4.69, 9.17) is 4.74 Å². The molecule has 1 heterocycles. The molecule has 0 bridgehead atoms. The Balaban J connectivity index is 0. The van der Waals surface area contributed by atoms with Gasteiger partial charge in [-0.1, -0.05) is 27.7 Å². The maximum atomic E-state index is 11.5. The molecule has 1 aliphatic rings. The van der Waals surface area contributed by atoms with Gasteiger partial charge in [0.1, 0.15) is 0 Å². The van der Waals surface area contributed by atoms with Gasteiger partial charge in [-0.05, 0) is 19.8 Å². The van der Waals surface area contributed by atoms with Crippen LogP contribution in [-0.2, 0) is 14.3 Å². The quantitative estimate of drug-likeness (QED) is 0.690. The van der Waals surface area contributed by atoms with Crippen LogP contribution in [0.2, 0.25) is 0 Å². The van der Waals surface area contributed by atoms with Gasteiger partial charge in [-0.3, -0.25) is 4.79 Å². The summed E-state index contributed by atoms with van der Waals surface area (Å²) >= 11 is 0. The molecule has 1 saturated heterocycles. The summed E-state index contributed by atoms with van der Waals surface area (Å²) in [5.74, 6) is -0.202. The van der Waals surface area contributed by atoms with Gasteiger partial charge in [-0.2, -0.15) is 0 Å². The van der Waals surface area contributed by atoms with E-state index < -0.39 is 5.41 Å². The molecular weight excluding hydrogens is 246 g/mol. The smallest absolute Gasteiger partial charge is 0.409 e. The highest BCUT2D eigenvalue weighted by molar-refractivity contribution is 5.77. The third-order valence-electron chi connectivity index (χ3n) is 2.98. The van der Waals surface area contributed by atoms with Crippen LogP contribution in [0.25, 0.3) is 0 Å². The number of carbonyl (C=O) groups is 2. The summed E-state index contributed by atoms with van der Waals surface area (Å²) < 4.78 is 9.36. The van der Waals surface area contributed by atoms with Crippen LogP contribution < -0.4 is 0 Å². The van der Waals surface area contributed by atoms with Crippen molar-refractivity contribution >= 4 is 12.1 Å². The van der Waals surface area contributed by atoms with E-state index in [9.17, 15) is 9.59 Å². The second-order valence-corrected chi connectivity index (χ2v) is 4.01. The maximum Gasteiger partial charge on any atom is 0.409 e. The SMILES string of the molecule is CC.CC.COC(=O)N1CCC(C)(C(=O)OC)CC1. The molecule has 0 saturated carbocycles. The van der Waals surface area contributed by atoms with E-state index in [-0.39, 0.29) is 12.1 Å². The van der Waals surface area contributed by atoms with Gasteiger partial charge >= 0.3 is 12.1 Å². The highest BCUT2D eigenvalue weighted by Gasteiger charge is 2.39. The molecule has 1 rings (SSSR count). The lowest BCUT2D eigenvalue weighted by atomic mass is 9.80. The first-order valence-electron chi connectivity index (χ1n) is 6.95. The fourth-order valence-electron chi connectivity index (χ4n) is 1.76. The Labute approximate surface area is 117 Å². The van der Waals surface area contributed by atoms with Gasteiger partial charge in [-0.25, -0.2) is 4.79 Å². The fourth-order valence-corrected chi connectivity index (χ4v) is 1.76. The van der Waals surface area contributed by atoms with Crippen LogP contribution in [0.4, 0.5) is 4.79 Å². The Morgan fingerprint density at radius 3 is 1.68 bits per heavy atom. The van der Waals surface area contributed by atoms with Gasteiger partial charge < -0.3 is 14.4 Å². The number of hydrogen-bond donors (Lipinski definition) is 0. The zero-order chi connectivity index (χ0) is 15.5. The van der Waals surface area contributed by atoms with E-state index in [1.54, 1.807) is 4.90 Å². The minimum atomic E-state index is -0.459. The van der Waals surface area contributed by atoms with Gasteiger partial charge in [0.2, 0.25) is 0 Å². The Kier molecular flexibility index (Phi) is 11.2. The number of hydrogen-bond acceptors (Lipinski definition) is 4. The lowest BCUT2D eigenvalue weighted by Crippen LogP contribution is -2.45. The van der Waals surface area contributed by atoms with E-state index in [1.807, 2.05) is 34.6 Å². The van der Waals surface area contributed by atoms with Crippen LogP contribution in [-0.4, -0.2) is 44.3 Å². The van der Waals surface area contributed by atoms with Crippen LogP contribution in [0.3, 0.4) is 0 Å². The van der Waals surface area contributed by atoms with E-state index >= 15 is 0 Å². The minimum Gasteiger partial charge on any atom is -0.469 e. The first-order valence-corrected chi connectivity index (χ1v) is 6.95. The van der Waals surface area contributed by atoms with Crippen molar-refractivity contribution < 1.29 is 19.1 Å². The summed E-state index contributed by atoms with van der Waals surface area (Å²) in [5, 5.41) is 0. The van der Waals surface area contributed by atoms with Crippen molar-refractivity contribution in [3.63, 3.8) is 0 Å². The molecule has 5 nitrogen and oxygen atoms in total. The van der Waals surface area contributed by atoms with Crippen molar-refractivity contribution in [3.05, 3.63) is 0 Å². The third-order valence-corrected chi connectivity index (χ3v) is 2.98. The average molecular weight is 275 g/mol. The zero-order valence-corrected chi connectivity index (χ0v) is 13.4. The molecule has 0 aromatic carbocycles. The van der Waals surface area contributed by atoms with Crippen molar-refractivity contribution in [1.29, 1.82) is 0 Å². The highest BCUT2D eigenvalue weighted by atomic mass is 16.5. The summed E-state index contributed by atoms with van der Waals surface area (Å²) in [5.41, 5.74) is -0.459. The largest absolute Gasteiger partial charge is 0.469 e. The monoisotopic (exact) mass is 275 g/mol. The average Bonchev–Trinajstić information content (AvgIpc) is 2.50. The first-order chi connectivity index (χ1) is 9.03. The summed E-state index contributed by atoms with van der Waals surface area (Å²) in [6.45, 7) is 10.9. The number of piperidine rings is 1. The van der Waals surface area contributed by atoms with Crippen molar-refractivity contribution in [2.45, 2.75) is 47.5 Å². The van der Waals surface area contributed by atoms with E-state index in [1.165, 1.54) is 14.2 Å². The number of carbonyl (C=O) groups excluding carboxylic acids is 2. The highest BCUT2D eigenvalue weighted by Crippen LogP contribution is 2.32. The fraction of sp³-hybridized carbons (Fsp3) is 0.857. The van der Waals surface area contributed by atoms with Crippen molar-refractivity contribution in [2.24, 2.45) is 5.41 Å². The molecule has 19 heavy (non-hydrogen) atoms. The predicted octanol–water partition coefficient (Wildman–Crippen LogP) is 3.08. The molecule has 0 radical (unpaired) electrons. The number of rotatable bonds is 1. The Bertz CT molecular complexity index is 258. The zero-order valence-electron chi connectivity index (χ0n) is 13.4. The molecule has 0 aliphatic carbocycles. The van der Waals surface area contributed by atoms with E-state index in [2.05, 4.69) is 4.74 Å². The number of ether oxygens (including phenoxy) is 2. The Hall–Kier alpha value is -1.26. The van der Waals surface area contributed by atoms with Crippen LogP contribution in [0.5, 0.6) is 0 Å². The topological polar surface area (TPSA) is 55.8 Å². The predicted molar refractivity (Wildman–Crippen MR) is 76.0 cm³/mol. The van der Waals surface area contributed by atoms with Crippen LogP contribution >= 0.6 is 0 Å². The second-order valence-electron chi connectivity index (χ2n) is 4.01. The van der Waals surface area contributed by atoms with Gasteiger partial charge in [0.15, 0.2) is 0 Å². The van der Waals surface area contributed by atoms with Crippen molar-refractivity contribution in [3.8, 4) is 0 Å². The lowest BCUT2D eigenvalue weighted by molar-refractivity contribution is -0.154. The molecule has 0 unspecified atom stereocenters. The normalized spacial score (nSPS) is 16.1. The maximum absolute atomic E-state index is 11.5. The number of nitrogens with zero attached hydrogens (tertiary/aromatic N) is 1. The van der Waals surface area contributed by atoms with Crippen LogP contribution in [0.15, 0.2) is 0 Å². The molecule has 0 atom stereocenters. The second kappa shape index (κ2) is 10.6. The summed E-state index contributed by atoms with van der Waals surface area (Å²) in [6.07, 6.45) is 0.908. The van der Waals surface area contributed by atoms with Gasteiger partial charge in [0.25, 0.3) is 0 Å². The molecule has 0 N–H and O–H groups in total. The molecule has 1 fully saturated rings. The standard InChI is InChI=1S/C10H17NO4.2C2H6/c1-10(8(12)14-2)4-6-11(7-5-10)9(13)15-3;2*1-2/h4-7H2,1-3H3;2*1-2H3. The molecule has 114 valence electrons. The van der Waals surface area contributed by atoms with E-state index in [0.29, 0.717) is 25.9 Å². The third kappa shape index (κ3) is 5.94. The molecular formula is C14H29NO4. The Morgan fingerprint density at radius 2 is 1.37 bits per heavy atom. The number of esters is 1. The number of amides is 1. The molecule has 0 aromatic rings. The molecule has 1 aliphatic heterocycles. The molecule has 0 aromatic heterocycles. The van der Waals surface area contributed by atoms with Gasteiger partial charge in [-0.15, -0.1) is 0 Å². The summed E-state index contributed by atoms with van der Waals surface area (Å²) in [7, 11) is 2.75. The molecule has 1 amide bonds. The number of likely N-dealkylation sites (tertiary alicyclic amines) is 1. The van der Waals surface area contributed by atoms with Crippen LogP contribution in [0.1, 0.15) is 47.5 Å². The Morgan fingerprint density at radius 1 is 0.947 bits per heavy atom. The minimum absolute atomic E-state index is 0.202.